The fraction of sp³-hybridized carbons (Fsp3) is 0.714. The molecule has 0 nitrogen and oxygen atoms in total. The number of rotatable bonds is 14. The van der Waals surface area contributed by atoms with Crippen LogP contribution in [0.3, 0.4) is 0 Å². The summed E-state index contributed by atoms with van der Waals surface area (Å²) in [6, 6.07) is 0. The third-order valence-corrected chi connectivity index (χ3v) is 8.27. The van der Waals surface area contributed by atoms with Crippen LogP contribution in [0.25, 0.3) is 0 Å². The molecule has 0 fully saturated rings. The van der Waals surface area contributed by atoms with E-state index in [1.807, 2.05) is 59.2 Å². The summed E-state index contributed by atoms with van der Waals surface area (Å²) in [6.45, 7) is 7.62. The predicted octanol–water partition coefficient (Wildman–Crippen LogP) is 5.02. The second-order valence-electron chi connectivity index (χ2n) is 3.94. The molecule has 0 aliphatic carbocycles. The van der Waals surface area contributed by atoms with Gasteiger partial charge in [-0.2, -0.15) is 58.8 Å². The molecule has 0 amide bonds. The van der Waals surface area contributed by atoms with E-state index in [-0.39, 0.29) is 0 Å². The number of thioether (sulfide) groups is 5. The largest absolute Gasteiger partial charge is 0.164 e. The zero-order chi connectivity index (χ0) is 14.3. The van der Waals surface area contributed by atoms with Crippen molar-refractivity contribution in [3.63, 3.8) is 0 Å². The quantitative estimate of drug-likeness (QED) is 0.400. The molecule has 19 heavy (non-hydrogen) atoms. The van der Waals surface area contributed by atoms with Crippen LogP contribution < -0.4 is 0 Å². The summed E-state index contributed by atoms with van der Waals surface area (Å²) in [4.78, 5) is 0. The van der Waals surface area contributed by atoms with E-state index in [0.29, 0.717) is 0 Å². The van der Waals surface area contributed by atoms with Crippen molar-refractivity contribution in [2.45, 2.75) is 10.5 Å². The zero-order valence-corrected chi connectivity index (χ0v) is 16.1. The van der Waals surface area contributed by atoms with E-state index >= 15 is 0 Å². The molecule has 112 valence electrons. The highest BCUT2D eigenvalue weighted by Crippen LogP contribution is 2.24. The Morgan fingerprint density at radius 2 is 1.21 bits per heavy atom. The monoisotopic (exact) mass is 354 g/mol. The van der Waals surface area contributed by atoms with Crippen LogP contribution in [-0.2, 0) is 0 Å². The Hall–Kier alpha value is 1.23. The Morgan fingerprint density at radius 3 is 1.53 bits per heavy atom. The highest BCUT2D eigenvalue weighted by Gasteiger charge is 2.12. The van der Waals surface area contributed by atoms with Gasteiger partial charge in [0.25, 0.3) is 0 Å². The van der Waals surface area contributed by atoms with Crippen molar-refractivity contribution in [1.29, 1.82) is 0 Å². The normalized spacial score (nSPS) is 14.0. The van der Waals surface area contributed by atoms with E-state index in [4.69, 9.17) is 0 Å². The van der Waals surface area contributed by atoms with E-state index < -0.39 is 0 Å². The molecule has 0 saturated carbocycles. The maximum Gasteiger partial charge on any atom is 0.0231 e. The molecule has 0 heterocycles. The van der Waals surface area contributed by atoms with E-state index in [1.54, 1.807) is 0 Å². The molecule has 0 aromatic carbocycles. The van der Waals surface area contributed by atoms with Gasteiger partial charge in [-0.3, -0.25) is 0 Å². The SMILES string of the molecule is C=CCSC(CSC)CSCC(CSC)SCC=C. The second-order valence-corrected chi connectivity index (χ2v) is 9.50. The molecule has 5 heteroatoms. The summed E-state index contributed by atoms with van der Waals surface area (Å²) in [5.41, 5.74) is 0. The fourth-order valence-corrected chi connectivity index (χ4v) is 7.32. The van der Waals surface area contributed by atoms with Gasteiger partial charge in [-0.05, 0) is 12.5 Å². The third-order valence-electron chi connectivity index (χ3n) is 2.21. The minimum Gasteiger partial charge on any atom is -0.164 e. The molecule has 0 aliphatic heterocycles. The van der Waals surface area contributed by atoms with Crippen LogP contribution in [-0.4, -0.2) is 57.5 Å². The predicted molar refractivity (Wildman–Crippen MR) is 107 cm³/mol. The van der Waals surface area contributed by atoms with Crippen LogP contribution in [0.1, 0.15) is 0 Å². The number of hydrogen-bond donors (Lipinski definition) is 0. The van der Waals surface area contributed by atoms with Crippen molar-refractivity contribution in [3.8, 4) is 0 Å². The molecule has 0 aliphatic rings. The van der Waals surface area contributed by atoms with Gasteiger partial charge in [0.2, 0.25) is 0 Å². The Morgan fingerprint density at radius 1 is 0.789 bits per heavy atom. The lowest BCUT2D eigenvalue weighted by molar-refractivity contribution is 1.12. The lowest BCUT2D eigenvalue weighted by Gasteiger charge is -2.17. The van der Waals surface area contributed by atoms with Gasteiger partial charge in [0, 0.05) is 45.0 Å². The third kappa shape index (κ3) is 12.7. The molecular formula is C14H26S5. The van der Waals surface area contributed by atoms with Crippen molar-refractivity contribution in [2.75, 3.05) is 47.0 Å². The van der Waals surface area contributed by atoms with Crippen LogP contribution in [0.2, 0.25) is 0 Å². The van der Waals surface area contributed by atoms with Crippen molar-refractivity contribution >= 4 is 58.8 Å². The summed E-state index contributed by atoms with van der Waals surface area (Å²) in [5, 5.41) is 1.52. The molecule has 0 radical (unpaired) electrons. The highest BCUT2D eigenvalue weighted by atomic mass is 32.2. The van der Waals surface area contributed by atoms with Gasteiger partial charge in [0.1, 0.15) is 0 Å². The van der Waals surface area contributed by atoms with Crippen LogP contribution in [0, 0.1) is 0 Å². The fourth-order valence-electron chi connectivity index (χ4n) is 1.40. The summed E-state index contributed by atoms with van der Waals surface area (Å²) >= 11 is 10.1. The molecule has 0 saturated heterocycles. The molecule has 0 bridgehead atoms. The first-order chi connectivity index (χ1) is 9.28. The maximum atomic E-state index is 3.81. The van der Waals surface area contributed by atoms with Gasteiger partial charge < -0.3 is 0 Å². The van der Waals surface area contributed by atoms with Gasteiger partial charge >= 0.3 is 0 Å². The van der Waals surface area contributed by atoms with Gasteiger partial charge in [-0.1, -0.05) is 12.2 Å². The Balaban J connectivity index is 3.89. The van der Waals surface area contributed by atoms with E-state index in [9.17, 15) is 0 Å². The Labute approximate surface area is 141 Å². The van der Waals surface area contributed by atoms with Crippen molar-refractivity contribution in [2.24, 2.45) is 0 Å². The van der Waals surface area contributed by atoms with Gasteiger partial charge in [-0.25, -0.2) is 0 Å². The Bertz CT molecular complexity index is 198. The van der Waals surface area contributed by atoms with E-state index in [1.165, 1.54) is 23.0 Å². The molecule has 0 aromatic rings. The van der Waals surface area contributed by atoms with Crippen LogP contribution in [0.5, 0.6) is 0 Å². The second kappa shape index (κ2) is 15.6. The number of hydrogen-bond acceptors (Lipinski definition) is 5. The van der Waals surface area contributed by atoms with Crippen LogP contribution >= 0.6 is 58.8 Å². The van der Waals surface area contributed by atoms with Gasteiger partial charge in [-0.15, -0.1) is 13.2 Å². The smallest absolute Gasteiger partial charge is 0.0231 e. The van der Waals surface area contributed by atoms with E-state index in [2.05, 4.69) is 37.4 Å². The van der Waals surface area contributed by atoms with Crippen molar-refractivity contribution in [3.05, 3.63) is 25.3 Å². The molecule has 0 spiro atoms. The minimum absolute atomic E-state index is 0.761. The molecule has 0 N–H and O–H groups in total. The first-order valence-electron chi connectivity index (χ1n) is 6.29. The average Bonchev–Trinajstić information content (AvgIpc) is 2.42. The van der Waals surface area contributed by atoms with Crippen molar-refractivity contribution in [1.82, 2.24) is 0 Å². The summed E-state index contributed by atoms with van der Waals surface area (Å²) in [5.74, 6) is 7.17. The molecular weight excluding hydrogens is 328 g/mol. The topological polar surface area (TPSA) is 0 Å². The average molecular weight is 355 g/mol. The van der Waals surface area contributed by atoms with Gasteiger partial charge in [0.15, 0.2) is 0 Å². The van der Waals surface area contributed by atoms with E-state index in [0.717, 1.165) is 22.0 Å². The minimum atomic E-state index is 0.761. The maximum absolute atomic E-state index is 3.81. The molecule has 0 rings (SSSR count). The highest BCUT2D eigenvalue weighted by molar-refractivity contribution is 8.06. The summed E-state index contributed by atoms with van der Waals surface area (Å²) < 4.78 is 0. The summed E-state index contributed by atoms with van der Waals surface area (Å²) in [7, 11) is 0. The summed E-state index contributed by atoms with van der Waals surface area (Å²) in [6.07, 6.45) is 8.42. The lowest BCUT2D eigenvalue weighted by Crippen LogP contribution is -2.15. The zero-order valence-electron chi connectivity index (χ0n) is 12.0. The molecule has 0 aromatic heterocycles. The molecule has 2 unspecified atom stereocenters. The first kappa shape index (κ1) is 20.2. The standard InChI is InChI=1S/C14H26S5/c1-5-7-18-13(9-15-3)11-17-12-14(10-16-4)19-8-6-2/h5-6,13-14H,1-2,7-12H2,3-4H3. The lowest BCUT2D eigenvalue weighted by atomic mass is 10.5. The van der Waals surface area contributed by atoms with Gasteiger partial charge in [0.05, 0.1) is 0 Å². The van der Waals surface area contributed by atoms with Crippen LogP contribution in [0.15, 0.2) is 25.3 Å². The molecule has 2 atom stereocenters. The van der Waals surface area contributed by atoms with Crippen LogP contribution in [0.4, 0.5) is 0 Å². The van der Waals surface area contributed by atoms with Crippen molar-refractivity contribution < 1.29 is 0 Å². The Kier molecular flexibility index (Phi) is 16.6. The first-order valence-corrected chi connectivity index (χ1v) is 12.3.